The lowest BCUT2D eigenvalue weighted by molar-refractivity contribution is 0.0682. The highest BCUT2D eigenvalue weighted by molar-refractivity contribution is 5.30. The number of aromatic nitrogens is 2. The van der Waals surface area contributed by atoms with Crippen LogP contribution in [0.3, 0.4) is 0 Å². The predicted molar refractivity (Wildman–Crippen MR) is 101 cm³/mol. The van der Waals surface area contributed by atoms with E-state index in [9.17, 15) is 0 Å². The van der Waals surface area contributed by atoms with Gasteiger partial charge in [-0.2, -0.15) is 0 Å². The third kappa shape index (κ3) is 5.90. The van der Waals surface area contributed by atoms with Gasteiger partial charge >= 0.3 is 0 Å². The Morgan fingerprint density at radius 1 is 1.08 bits per heavy atom. The molecule has 140 valence electrons. The average Bonchev–Trinajstić information content (AvgIpc) is 3.14. The van der Waals surface area contributed by atoms with Crippen molar-refractivity contribution in [2.45, 2.75) is 44.8 Å². The third-order valence-electron chi connectivity index (χ3n) is 5.09. The van der Waals surface area contributed by atoms with E-state index in [-0.39, 0.29) is 0 Å². The molecule has 0 amide bonds. The zero-order chi connectivity index (χ0) is 17.5. The molecule has 6 nitrogen and oxygen atoms in total. The van der Waals surface area contributed by atoms with Gasteiger partial charge in [-0.15, -0.1) is 0 Å². The fraction of sp³-hybridized carbons (Fsp3) is 0.789. The van der Waals surface area contributed by atoms with Gasteiger partial charge in [-0.1, -0.05) is 0 Å². The molecule has 3 rings (SSSR count). The van der Waals surface area contributed by atoms with Crippen LogP contribution in [-0.4, -0.2) is 79.3 Å². The van der Waals surface area contributed by atoms with Gasteiger partial charge in [0, 0.05) is 63.8 Å². The second-order valence-electron chi connectivity index (χ2n) is 7.61. The Morgan fingerprint density at radius 2 is 1.84 bits per heavy atom. The van der Waals surface area contributed by atoms with Crippen LogP contribution in [0.2, 0.25) is 0 Å². The fourth-order valence-corrected chi connectivity index (χ4v) is 3.60. The Kier molecular flexibility index (Phi) is 7.02. The van der Waals surface area contributed by atoms with Gasteiger partial charge in [0.2, 0.25) is 5.95 Å². The molecule has 2 saturated heterocycles. The molecule has 1 atom stereocenters. The van der Waals surface area contributed by atoms with Crippen molar-refractivity contribution in [2.24, 2.45) is 0 Å². The van der Waals surface area contributed by atoms with Crippen molar-refractivity contribution in [1.29, 1.82) is 0 Å². The Bertz CT molecular complexity index is 495. The lowest BCUT2D eigenvalue weighted by atomic mass is 10.1. The number of hydrogen-bond donors (Lipinski definition) is 0. The van der Waals surface area contributed by atoms with Gasteiger partial charge in [0.05, 0.1) is 6.10 Å². The molecule has 2 aliphatic rings. The summed E-state index contributed by atoms with van der Waals surface area (Å²) in [4.78, 5) is 16.3. The quantitative estimate of drug-likeness (QED) is 0.717. The van der Waals surface area contributed by atoms with Gasteiger partial charge in [0.1, 0.15) is 0 Å². The Balaban J connectivity index is 1.57. The summed E-state index contributed by atoms with van der Waals surface area (Å²) in [6.45, 7) is 7.09. The molecule has 1 aromatic rings. The highest BCUT2D eigenvalue weighted by Gasteiger charge is 2.20. The molecule has 0 spiro atoms. The van der Waals surface area contributed by atoms with Crippen LogP contribution in [-0.2, 0) is 11.3 Å². The van der Waals surface area contributed by atoms with Crippen LogP contribution in [0, 0.1) is 0 Å². The largest absolute Gasteiger partial charge is 0.377 e. The maximum atomic E-state index is 5.83. The third-order valence-corrected chi connectivity index (χ3v) is 5.09. The zero-order valence-electron chi connectivity index (χ0n) is 15.9. The fourth-order valence-electron chi connectivity index (χ4n) is 3.60. The first-order valence-electron chi connectivity index (χ1n) is 9.75. The minimum absolute atomic E-state index is 0.385. The SMILES string of the molecule is CN(C)CCN(Cc1cnc(N2CCCCC2)nc1)CC1CCCO1. The molecule has 1 aromatic heterocycles. The molecule has 2 aliphatic heterocycles. The van der Waals surface area contributed by atoms with Gasteiger partial charge in [0.15, 0.2) is 0 Å². The minimum Gasteiger partial charge on any atom is -0.377 e. The molecule has 1 unspecified atom stereocenters. The predicted octanol–water partition coefficient (Wildman–Crippen LogP) is 2.01. The summed E-state index contributed by atoms with van der Waals surface area (Å²) in [5.74, 6) is 0.891. The van der Waals surface area contributed by atoms with Crippen LogP contribution in [0.25, 0.3) is 0 Å². The summed E-state index contributed by atoms with van der Waals surface area (Å²) in [5.41, 5.74) is 1.19. The average molecular weight is 348 g/mol. The second-order valence-corrected chi connectivity index (χ2v) is 7.61. The van der Waals surface area contributed by atoms with Crippen molar-refractivity contribution in [3.8, 4) is 0 Å². The summed E-state index contributed by atoms with van der Waals surface area (Å²) in [5, 5.41) is 0. The number of ether oxygens (including phenoxy) is 1. The molecule has 3 heterocycles. The van der Waals surface area contributed by atoms with Crippen LogP contribution in [0.1, 0.15) is 37.7 Å². The lowest BCUT2D eigenvalue weighted by Crippen LogP contribution is -2.36. The highest BCUT2D eigenvalue weighted by atomic mass is 16.5. The summed E-state index contributed by atoms with van der Waals surface area (Å²) in [7, 11) is 4.25. The molecule has 0 N–H and O–H groups in total. The maximum absolute atomic E-state index is 5.83. The van der Waals surface area contributed by atoms with E-state index in [1.165, 1.54) is 37.7 Å². The molecular formula is C19H33N5O. The van der Waals surface area contributed by atoms with Crippen molar-refractivity contribution in [3.63, 3.8) is 0 Å². The van der Waals surface area contributed by atoms with Gasteiger partial charge in [-0.3, -0.25) is 4.90 Å². The molecule has 6 heteroatoms. The van der Waals surface area contributed by atoms with Gasteiger partial charge in [-0.05, 0) is 46.2 Å². The first-order valence-corrected chi connectivity index (χ1v) is 9.75. The van der Waals surface area contributed by atoms with Gasteiger partial charge < -0.3 is 14.5 Å². The monoisotopic (exact) mass is 347 g/mol. The molecule has 25 heavy (non-hydrogen) atoms. The van der Waals surface area contributed by atoms with E-state index in [0.717, 1.165) is 51.8 Å². The van der Waals surface area contributed by atoms with E-state index in [1.54, 1.807) is 0 Å². The van der Waals surface area contributed by atoms with Crippen molar-refractivity contribution in [3.05, 3.63) is 18.0 Å². The van der Waals surface area contributed by atoms with Crippen LogP contribution in [0.15, 0.2) is 12.4 Å². The number of piperidine rings is 1. The normalized spacial score (nSPS) is 21.4. The van der Waals surface area contributed by atoms with Crippen molar-refractivity contribution in [2.75, 3.05) is 58.3 Å². The number of anilines is 1. The van der Waals surface area contributed by atoms with E-state index >= 15 is 0 Å². The van der Waals surface area contributed by atoms with Crippen molar-refractivity contribution in [1.82, 2.24) is 19.8 Å². The first kappa shape index (κ1) is 18.5. The number of nitrogens with zero attached hydrogens (tertiary/aromatic N) is 5. The molecule has 0 aliphatic carbocycles. The number of likely N-dealkylation sites (N-methyl/N-ethyl adjacent to an activating group) is 1. The Hall–Kier alpha value is -1.24. The Labute approximate surface area is 152 Å². The van der Waals surface area contributed by atoms with Crippen LogP contribution in [0.5, 0.6) is 0 Å². The van der Waals surface area contributed by atoms with E-state index in [4.69, 9.17) is 4.74 Å². The van der Waals surface area contributed by atoms with Crippen molar-refractivity contribution < 1.29 is 4.74 Å². The highest BCUT2D eigenvalue weighted by Crippen LogP contribution is 2.17. The smallest absolute Gasteiger partial charge is 0.225 e. The maximum Gasteiger partial charge on any atom is 0.225 e. The summed E-state index contributed by atoms with van der Waals surface area (Å²) in [6.07, 6.45) is 10.6. The molecule has 0 radical (unpaired) electrons. The van der Waals surface area contributed by atoms with E-state index in [0.29, 0.717) is 6.10 Å². The molecule has 0 aromatic carbocycles. The zero-order valence-corrected chi connectivity index (χ0v) is 15.9. The summed E-state index contributed by atoms with van der Waals surface area (Å²) in [6, 6.07) is 0. The van der Waals surface area contributed by atoms with Crippen LogP contribution in [0.4, 0.5) is 5.95 Å². The second kappa shape index (κ2) is 9.46. The standard InChI is InChI=1S/C19H33N5O/c1-22(2)10-11-23(16-18-7-6-12-25-18)15-17-13-20-19(21-14-17)24-8-4-3-5-9-24/h13-14,18H,3-12,15-16H2,1-2H3. The Morgan fingerprint density at radius 3 is 2.48 bits per heavy atom. The summed E-state index contributed by atoms with van der Waals surface area (Å²) < 4.78 is 5.83. The first-order chi connectivity index (χ1) is 12.2. The van der Waals surface area contributed by atoms with Gasteiger partial charge in [0.25, 0.3) is 0 Å². The molecular weight excluding hydrogens is 314 g/mol. The van der Waals surface area contributed by atoms with E-state index in [2.05, 4.69) is 38.8 Å². The molecule has 0 bridgehead atoms. The molecule has 2 fully saturated rings. The van der Waals surface area contributed by atoms with Crippen LogP contribution < -0.4 is 4.90 Å². The molecule has 0 saturated carbocycles. The number of hydrogen-bond acceptors (Lipinski definition) is 6. The van der Waals surface area contributed by atoms with Crippen LogP contribution >= 0.6 is 0 Å². The summed E-state index contributed by atoms with van der Waals surface area (Å²) >= 11 is 0. The minimum atomic E-state index is 0.385. The number of rotatable bonds is 8. The topological polar surface area (TPSA) is 44.7 Å². The van der Waals surface area contributed by atoms with E-state index < -0.39 is 0 Å². The van der Waals surface area contributed by atoms with Crippen molar-refractivity contribution >= 4 is 5.95 Å². The lowest BCUT2D eigenvalue weighted by Gasteiger charge is -2.28. The van der Waals surface area contributed by atoms with Gasteiger partial charge in [-0.25, -0.2) is 9.97 Å². The van der Waals surface area contributed by atoms with E-state index in [1.807, 2.05) is 12.4 Å².